The van der Waals surface area contributed by atoms with E-state index in [1.165, 1.54) is 0 Å². The van der Waals surface area contributed by atoms with Crippen LogP contribution in [0.2, 0.25) is 0 Å². The molecule has 2 atom stereocenters. The number of nitrogens with zero attached hydrogens (tertiary/aromatic N) is 3. The van der Waals surface area contributed by atoms with Gasteiger partial charge in [0.1, 0.15) is 6.04 Å². The van der Waals surface area contributed by atoms with Crippen LogP contribution in [0.4, 0.5) is 10.5 Å². The topological polar surface area (TPSA) is 110 Å². The molecule has 9 heteroatoms. The van der Waals surface area contributed by atoms with Crippen LogP contribution in [-0.4, -0.2) is 70.4 Å². The predicted molar refractivity (Wildman–Crippen MR) is 117 cm³/mol. The van der Waals surface area contributed by atoms with Crippen molar-refractivity contribution in [1.82, 2.24) is 15.1 Å². The zero-order valence-corrected chi connectivity index (χ0v) is 18.8. The van der Waals surface area contributed by atoms with E-state index in [4.69, 9.17) is 0 Å². The van der Waals surface area contributed by atoms with Gasteiger partial charge in [-0.1, -0.05) is 20.8 Å². The Bertz CT molecular complexity index is 970. The summed E-state index contributed by atoms with van der Waals surface area (Å²) in [5.41, 5.74) is 2.15. The van der Waals surface area contributed by atoms with Gasteiger partial charge in [-0.15, -0.1) is 0 Å². The molecule has 1 aromatic carbocycles. The summed E-state index contributed by atoms with van der Waals surface area (Å²) in [5.74, 6) is -0.916. The van der Waals surface area contributed by atoms with Gasteiger partial charge in [-0.05, 0) is 42.0 Å². The third-order valence-electron chi connectivity index (χ3n) is 6.71. The van der Waals surface area contributed by atoms with Crippen molar-refractivity contribution in [3.63, 3.8) is 0 Å². The van der Waals surface area contributed by atoms with Gasteiger partial charge in [0.15, 0.2) is 0 Å². The minimum absolute atomic E-state index is 0.169. The molecule has 3 heterocycles. The summed E-state index contributed by atoms with van der Waals surface area (Å²) in [7, 11) is 0. The minimum Gasteiger partial charge on any atom is -0.465 e. The third-order valence-corrected chi connectivity index (χ3v) is 6.71. The lowest BCUT2D eigenvalue weighted by Crippen LogP contribution is -2.52. The lowest BCUT2D eigenvalue weighted by atomic mass is 9.85. The fourth-order valence-electron chi connectivity index (χ4n) is 4.95. The highest BCUT2D eigenvalue weighted by molar-refractivity contribution is 6.05. The number of nitrogens with one attached hydrogen (secondary N) is 1. The number of piperidine rings is 1. The van der Waals surface area contributed by atoms with Crippen molar-refractivity contribution in [3.05, 3.63) is 29.3 Å². The molecule has 0 radical (unpaired) electrons. The minimum atomic E-state index is -0.897. The smallest absolute Gasteiger partial charge is 0.407 e. The SMILES string of the molecule is CC(C)(C)C1CN(c2ccc3c(c2)CN(C2CCC(=O)NC2=O)C3=O)CCCN1C(=O)O. The zero-order chi connectivity index (χ0) is 23.2. The number of hydrogen-bond acceptors (Lipinski definition) is 5. The highest BCUT2D eigenvalue weighted by atomic mass is 16.4. The second-order valence-corrected chi connectivity index (χ2v) is 9.90. The number of fused-ring (bicyclic) bond motifs is 1. The summed E-state index contributed by atoms with van der Waals surface area (Å²) < 4.78 is 0. The molecule has 32 heavy (non-hydrogen) atoms. The summed E-state index contributed by atoms with van der Waals surface area (Å²) in [4.78, 5) is 53.8. The van der Waals surface area contributed by atoms with Crippen molar-refractivity contribution in [2.24, 2.45) is 5.41 Å². The van der Waals surface area contributed by atoms with Crippen LogP contribution in [0.1, 0.15) is 56.0 Å². The molecular formula is C23H30N4O5. The molecule has 2 saturated heterocycles. The Kier molecular flexibility index (Phi) is 5.60. The van der Waals surface area contributed by atoms with Gasteiger partial charge in [0.2, 0.25) is 11.8 Å². The fraction of sp³-hybridized carbons (Fsp3) is 0.565. The van der Waals surface area contributed by atoms with Gasteiger partial charge in [0.05, 0.1) is 6.04 Å². The lowest BCUT2D eigenvalue weighted by Gasteiger charge is -2.39. The summed E-state index contributed by atoms with van der Waals surface area (Å²) in [6.07, 6.45) is 0.384. The van der Waals surface area contributed by atoms with Crippen LogP contribution in [0, 0.1) is 5.41 Å². The Balaban J connectivity index is 1.56. The van der Waals surface area contributed by atoms with E-state index >= 15 is 0 Å². The molecule has 0 aromatic heterocycles. The number of imide groups is 1. The van der Waals surface area contributed by atoms with Crippen molar-refractivity contribution in [3.8, 4) is 0 Å². The Morgan fingerprint density at radius 1 is 1.16 bits per heavy atom. The Morgan fingerprint density at radius 2 is 1.91 bits per heavy atom. The highest BCUT2D eigenvalue weighted by Gasteiger charge is 2.40. The second-order valence-electron chi connectivity index (χ2n) is 9.90. The molecule has 172 valence electrons. The first-order valence-corrected chi connectivity index (χ1v) is 11.1. The number of benzene rings is 1. The molecule has 3 aliphatic heterocycles. The molecule has 4 amide bonds. The Morgan fingerprint density at radius 3 is 2.56 bits per heavy atom. The van der Waals surface area contributed by atoms with Crippen molar-refractivity contribution < 1.29 is 24.3 Å². The largest absolute Gasteiger partial charge is 0.465 e. The van der Waals surface area contributed by atoms with E-state index in [2.05, 4.69) is 31.0 Å². The molecule has 1 aromatic rings. The lowest BCUT2D eigenvalue weighted by molar-refractivity contribution is -0.136. The van der Waals surface area contributed by atoms with Crippen LogP contribution >= 0.6 is 0 Å². The Hall–Kier alpha value is -3.10. The van der Waals surface area contributed by atoms with Gasteiger partial charge in [-0.25, -0.2) is 4.79 Å². The summed E-state index contributed by atoms with van der Waals surface area (Å²) in [6, 6.07) is 4.88. The third kappa shape index (κ3) is 4.03. The average molecular weight is 443 g/mol. The summed E-state index contributed by atoms with van der Waals surface area (Å²) in [5, 5.41) is 12.0. The van der Waals surface area contributed by atoms with Crippen molar-refractivity contribution in [2.45, 2.75) is 58.7 Å². The second kappa shape index (κ2) is 8.11. The molecule has 4 rings (SSSR count). The maximum absolute atomic E-state index is 12.9. The average Bonchev–Trinajstić information content (AvgIpc) is 2.88. The normalized spacial score (nSPS) is 24.3. The van der Waals surface area contributed by atoms with Gasteiger partial charge in [-0.3, -0.25) is 19.7 Å². The molecule has 0 spiro atoms. The first-order chi connectivity index (χ1) is 15.1. The molecular weight excluding hydrogens is 412 g/mol. The van der Waals surface area contributed by atoms with Gasteiger partial charge >= 0.3 is 6.09 Å². The Labute approximate surface area is 187 Å². The van der Waals surface area contributed by atoms with Gasteiger partial charge in [0, 0.05) is 43.9 Å². The molecule has 0 bridgehead atoms. The molecule has 3 aliphatic rings. The maximum atomic E-state index is 12.9. The van der Waals surface area contributed by atoms with E-state index in [0.29, 0.717) is 31.6 Å². The molecule has 2 fully saturated rings. The molecule has 9 nitrogen and oxygen atoms in total. The summed E-state index contributed by atoms with van der Waals surface area (Å²) >= 11 is 0. The standard InChI is InChI=1S/C23H30N4O5/c1-23(2,3)18-13-25(9-4-10-26(18)22(31)32)15-5-6-16-14(11-15)12-27(21(16)30)17-7-8-19(28)24-20(17)29/h5-6,11,17-18H,4,7-10,12-13H2,1-3H3,(H,31,32)(H,24,28,29). The number of carboxylic acid groups (broad SMARTS) is 1. The van der Waals surface area contributed by atoms with E-state index in [1.54, 1.807) is 15.9 Å². The monoisotopic (exact) mass is 442 g/mol. The van der Waals surface area contributed by atoms with Gasteiger partial charge in [0.25, 0.3) is 5.91 Å². The summed E-state index contributed by atoms with van der Waals surface area (Å²) in [6.45, 7) is 8.26. The van der Waals surface area contributed by atoms with Crippen LogP contribution in [0.15, 0.2) is 18.2 Å². The van der Waals surface area contributed by atoms with Crippen molar-refractivity contribution >= 4 is 29.5 Å². The van der Waals surface area contributed by atoms with E-state index in [0.717, 1.165) is 24.2 Å². The van der Waals surface area contributed by atoms with Crippen molar-refractivity contribution in [2.75, 3.05) is 24.5 Å². The van der Waals surface area contributed by atoms with Crippen LogP contribution < -0.4 is 10.2 Å². The fourth-order valence-corrected chi connectivity index (χ4v) is 4.95. The number of amides is 4. The number of rotatable bonds is 2. The van der Waals surface area contributed by atoms with Gasteiger partial charge in [-0.2, -0.15) is 0 Å². The van der Waals surface area contributed by atoms with Crippen molar-refractivity contribution in [1.29, 1.82) is 0 Å². The molecule has 0 aliphatic carbocycles. The van der Waals surface area contributed by atoms with Crippen LogP contribution in [-0.2, 0) is 16.1 Å². The van der Waals surface area contributed by atoms with E-state index in [1.807, 2.05) is 12.1 Å². The van der Waals surface area contributed by atoms with E-state index < -0.39 is 18.0 Å². The first kappa shape index (κ1) is 22.1. The number of hydrogen-bond donors (Lipinski definition) is 2. The quantitative estimate of drug-likeness (QED) is 0.679. The molecule has 2 unspecified atom stereocenters. The zero-order valence-electron chi connectivity index (χ0n) is 18.8. The maximum Gasteiger partial charge on any atom is 0.407 e. The number of carbonyl (C=O) groups excluding carboxylic acids is 3. The predicted octanol–water partition coefficient (Wildman–Crippen LogP) is 2.05. The van der Waals surface area contributed by atoms with Crippen LogP contribution in [0.5, 0.6) is 0 Å². The first-order valence-electron chi connectivity index (χ1n) is 11.1. The van der Waals surface area contributed by atoms with E-state index in [9.17, 15) is 24.3 Å². The van der Waals surface area contributed by atoms with Gasteiger partial charge < -0.3 is 19.8 Å². The highest BCUT2D eigenvalue weighted by Crippen LogP contribution is 2.33. The van der Waals surface area contributed by atoms with Crippen LogP contribution in [0.25, 0.3) is 0 Å². The van der Waals surface area contributed by atoms with E-state index in [-0.39, 0.29) is 29.7 Å². The molecule has 0 saturated carbocycles. The molecule has 2 N–H and O–H groups in total. The number of anilines is 1. The van der Waals surface area contributed by atoms with Crippen LogP contribution in [0.3, 0.4) is 0 Å². The number of carbonyl (C=O) groups is 4.